The molecule has 1 aromatic rings. The SMILES string of the molecule is CC(F)(F)C(=O)Nc1cc(Br)cnc1Cl. The zero-order chi connectivity index (χ0) is 11.6. The Bertz CT molecular complexity index is 395. The summed E-state index contributed by atoms with van der Waals surface area (Å²) in [5.74, 6) is -4.88. The molecule has 0 atom stereocenters. The molecule has 1 heterocycles. The van der Waals surface area contributed by atoms with Crippen molar-refractivity contribution in [3.8, 4) is 0 Å². The molecule has 0 aliphatic carbocycles. The second-order valence-electron chi connectivity index (χ2n) is 2.83. The fourth-order valence-corrected chi connectivity index (χ4v) is 1.22. The van der Waals surface area contributed by atoms with Crippen LogP contribution >= 0.6 is 27.5 Å². The van der Waals surface area contributed by atoms with Crippen molar-refractivity contribution < 1.29 is 13.6 Å². The number of hydrogen-bond acceptors (Lipinski definition) is 2. The molecule has 15 heavy (non-hydrogen) atoms. The molecule has 1 rings (SSSR count). The van der Waals surface area contributed by atoms with E-state index in [0.717, 1.165) is 0 Å². The number of nitrogens with zero attached hydrogens (tertiary/aromatic N) is 1. The molecule has 0 bridgehead atoms. The molecular formula is C8H6BrClF2N2O. The van der Waals surface area contributed by atoms with Gasteiger partial charge < -0.3 is 5.32 Å². The first kappa shape index (κ1) is 12.3. The summed E-state index contributed by atoms with van der Waals surface area (Å²) in [5.41, 5.74) is 0.0394. The Balaban J connectivity index is 2.90. The van der Waals surface area contributed by atoms with Gasteiger partial charge in [0.15, 0.2) is 5.15 Å². The van der Waals surface area contributed by atoms with Gasteiger partial charge in [0.2, 0.25) is 0 Å². The van der Waals surface area contributed by atoms with Gasteiger partial charge in [0, 0.05) is 17.6 Å². The van der Waals surface area contributed by atoms with E-state index in [1.54, 1.807) is 0 Å². The highest BCUT2D eigenvalue weighted by Gasteiger charge is 2.32. The van der Waals surface area contributed by atoms with Crippen LogP contribution in [0.3, 0.4) is 0 Å². The Morgan fingerprint density at radius 1 is 1.67 bits per heavy atom. The van der Waals surface area contributed by atoms with Crippen molar-refractivity contribution in [2.75, 3.05) is 5.32 Å². The summed E-state index contributed by atoms with van der Waals surface area (Å²) in [5, 5.41) is 1.93. The molecule has 82 valence electrons. The molecule has 3 nitrogen and oxygen atoms in total. The third-order valence-electron chi connectivity index (χ3n) is 1.45. The number of hydrogen-bond donors (Lipinski definition) is 1. The van der Waals surface area contributed by atoms with Crippen molar-refractivity contribution >= 4 is 39.1 Å². The van der Waals surface area contributed by atoms with Crippen LogP contribution in [0, 0.1) is 0 Å². The number of nitrogens with one attached hydrogen (secondary N) is 1. The first-order valence-electron chi connectivity index (χ1n) is 3.81. The van der Waals surface area contributed by atoms with Gasteiger partial charge in [-0.25, -0.2) is 4.98 Å². The fraction of sp³-hybridized carbons (Fsp3) is 0.250. The average molecular weight is 300 g/mol. The molecule has 1 N–H and O–H groups in total. The Morgan fingerprint density at radius 3 is 2.80 bits per heavy atom. The second kappa shape index (κ2) is 4.40. The number of pyridine rings is 1. The van der Waals surface area contributed by atoms with Crippen molar-refractivity contribution in [2.45, 2.75) is 12.8 Å². The summed E-state index contributed by atoms with van der Waals surface area (Å²) in [4.78, 5) is 14.6. The first-order chi connectivity index (χ1) is 6.80. The molecule has 0 radical (unpaired) electrons. The topological polar surface area (TPSA) is 42.0 Å². The molecule has 0 spiro atoms. The van der Waals surface area contributed by atoms with Crippen LogP contribution in [0.25, 0.3) is 0 Å². The highest BCUT2D eigenvalue weighted by Crippen LogP contribution is 2.24. The van der Waals surface area contributed by atoms with Gasteiger partial charge in [0.1, 0.15) is 0 Å². The molecular weight excluding hydrogens is 293 g/mol. The Kier molecular flexibility index (Phi) is 3.62. The normalized spacial score (nSPS) is 11.3. The standard InChI is InChI=1S/C8H6BrClF2N2O/c1-8(11,12)7(15)14-5-2-4(9)3-13-6(5)10/h2-3H,1H3,(H,14,15). The van der Waals surface area contributed by atoms with Gasteiger partial charge in [0.25, 0.3) is 5.91 Å². The summed E-state index contributed by atoms with van der Waals surface area (Å²) in [6.07, 6.45) is 1.39. The number of halogens is 4. The van der Waals surface area contributed by atoms with E-state index >= 15 is 0 Å². The first-order valence-corrected chi connectivity index (χ1v) is 4.98. The lowest BCUT2D eigenvalue weighted by Gasteiger charge is -2.11. The van der Waals surface area contributed by atoms with Crippen molar-refractivity contribution in [2.24, 2.45) is 0 Å². The highest BCUT2D eigenvalue weighted by atomic mass is 79.9. The predicted molar refractivity (Wildman–Crippen MR) is 56.2 cm³/mol. The highest BCUT2D eigenvalue weighted by molar-refractivity contribution is 9.10. The molecule has 0 fully saturated rings. The lowest BCUT2D eigenvalue weighted by Crippen LogP contribution is -2.31. The van der Waals surface area contributed by atoms with Crippen molar-refractivity contribution in [3.63, 3.8) is 0 Å². The van der Waals surface area contributed by atoms with Crippen molar-refractivity contribution in [1.82, 2.24) is 4.98 Å². The van der Waals surface area contributed by atoms with Crippen LogP contribution in [0.15, 0.2) is 16.7 Å². The van der Waals surface area contributed by atoms with Gasteiger partial charge in [-0.1, -0.05) is 11.6 Å². The molecule has 0 saturated heterocycles. The zero-order valence-corrected chi connectivity index (χ0v) is 9.86. The third-order valence-corrected chi connectivity index (χ3v) is 2.19. The van der Waals surface area contributed by atoms with Gasteiger partial charge in [-0.15, -0.1) is 0 Å². The molecule has 0 aliphatic heterocycles. The minimum Gasteiger partial charge on any atom is -0.318 e. The van der Waals surface area contributed by atoms with E-state index in [2.05, 4.69) is 20.9 Å². The van der Waals surface area contributed by atoms with Gasteiger partial charge in [-0.05, 0) is 22.0 Å². The molecule has 1 aromatic heterocycles. The van der Waals surface area contributed by atoms with Crippen LogP contribution in [0.5, 0.6) is 0 Å². The van der Waals surface area contributed by atoms with E-state index in [4.69, 9.17) is 11.6 Å². The van der Waals surface area contributed by atoms with Crippen molar-refractivity contribution in [1.29, 1.82) is 0 Å². The number of amides is 1. The number of anilines is 1. The molecule has 0 saturated carbocycles. The predicted octanol–water partition coefficient (Wildman–Crippen LogP) is 3.09. The number of aromatic nitrogens is 1. The summed E-state index contributed by atoms with van der Waals surface area (Å²) in [6.45, 7) is 0.502. The summed E-state index contributed by atoms with van der Waals surface area (Å²) in [7, 11) is 0. The van der Waals surface area contributed by atoms with Crippen LogP contribution in [0.2, 0.25) is 5.15 Å². The van der Waals surface area contributed by atoms with Crippen LogP contribution < -0.4 is 5.32 Å². The van der Waals surface area contributed by atoms with E-state index in [-0.39, 0.29) is 10.8 Å². The second-order valence-corrected chi connectivity index (χ2v) is 4.11. The molecule has 1 amide bonds. The van der Waals surface area contributed by atoms with E-state index < -0.39 is 11.8 Å². The smallest absolute Gasteiger partial charge is 0.318 e. The van der Waals surface area contributed by atoms with E-state index in [1.165, 1.54) is 12.3 Å². The molecule has 0 unspecified atom stereocenters. The van der Waals surface area contributed by atoms with Crippen LogP contribution in [-0.4, -0.2) is 16.8 Å². The maximum Gasteiger partial charge on any atom is 0.322 e. The Morgan fingerprint density at radius 2 is 2.27 bits per heavy atom. The maximum absolute atomic E-state index is 12.5. The van der Waals surface area contributed by atoms with E-state index in [1.807, 2.05) is 5.32 Å². The van der Waals surface area contributed by atoms with Crippen LogP contribution in [-0.2, 0) is 4.79 Å². The lowest BCUT2D eigenvalue weighted by atomic mass is 10.3. The monoisotopic (exact) mass is 298 g/mol. The molecule has 7 heteroatoms. The number of carbonyl (C=O) groups is 1. The van der Waals surface area contributed by atoms with Gasteiger partial charge >= 0.3 is 5.92 Å². The van der Waals surface area contributed by atoms with E-state index in [9.17, 15) is 13.6 Å². The lowest BCUT2D eigenvalue weighted by molar-refractivity contribution is -0.137. The Hall–Kier alpha value is -0.750. The largest absolute Gasteiger partial charge is 0.322 e. The minimum absolute atomic E-state index is 0.0394. The summed E-state index contributed by atoms with van der Waals surface area (Å²) in [6, 6.07) is 1.39. The van der Waals surface area contributed by atoms with E-state index in [0.29, 0.717) is 11.4 Å². The van der Waals surface area contributed by atoms with Gasteiger partial charge in [0.05, 0.1) is 5.69 Å². The number of alkyl halides is 2. The Labute approximate surface area is 98.0 Å². The van der Waals surface area contributed by atoms with Gasteiger partial charge in [-0.2, -0.15) is 8.78 Å². The molecule has 0 aliphatic rings. The summed E-state index contributed by atoms with van der Waals surface area (Å²) >= 11 is 8.68. The average Bonchev–Trinajstić information content (AvgIpc) is 2.09. The minimum atomic E-state index is -3.45. The zero-order valence-electron chi connectivity index (χ0n) is 7.52. The van der Waals surface area contributed by atoms with Crippen LogP contribution in [0.1, 0.15) is 6.92 Å². The number of rotatable bonds is 2. The van der Waals surface area contributed by atoms with Crippen molar-refractivity contribution in [3.05, 3.63) is 21.9 Å². The fourth-order valence-electron chi connectivity index (χ4n) is 0.742. The molecule has 0 aromatic carbocycles. The van der Waals surface area contributed by atoms with Gasteiger partial charge in [-0.3, -0.25) is 4.79 Å². The summed E-state index contributed by atoms with van der Waals surface area (Å²) < 4.78 is 25.6. The van der Waals surface area contributed by atoms with Crippen LogP contribution in [0.4, 0.5) is 14.5 Å². The number of carbonyl (C=O) groups excluding carboxylic acids is 1. The third kappa shape index (κ3) is 3.39. The quantitative estimate of drug-likeness (QED) is 0.853. The maximum atomic E-state index is 12.5.